The normalized spacial score (nSPS) is 12.8. The molecule has 0 spiro atoms. The zero-order chi connectivity index (χ0) is 15.2. The average Bonchev–Trinajstić information content (AvgIpc) is 2.39. The van der Waals surface area contributed by atoms with Crippen molar-refractivity contribution in [2.75, 3.05) is 13.2 Å². The maximum Gasteiger partial charge on any atom is 0.126 e. The summed E-state index contributed by atoms with van der Waals surface area (Å²) in [5, 5.41) is 12.3. The monoisotopic (exact) mass is 278 g/mol. The third kappa shape index (κ3) is 4.82. The quantitative estimate of drug-likeness (QED) is 0.824. The fraction of sp³-hybridized carbons (Fsp3) is 0.562. The van der Waals surface area contributed by atoms with Crippen LogP contribution in [0.3, 0.4) is 0 Å². The highest BCUT2D eigenvalue weighted by Crippen LogP contribution is 2.27. The summed E-state index contributed by atoms with van der Waals surface area (Å²) in [6.45, 7) is 9.00. The lowest BCUT2D eigenvalue weighted by atomic mass is 9.92. The van der Waals surface area contributed by atoms with Gasteiger partial charge in [0.25, 0.3) is 0 Å². The molecule has 0 saturated heterocycles. The first-order chi connectivity index (χ1) is 9.39. The summed E-state index contributed by atoms with van der Waals surface area (Å²) in [5.41, 5.74) is 0.504. The smallest absolute Gasteiger partial charge is 0.126 e. The Kier molecular flexibility index (Phi) is 5.97. The number of halogens is 1. The van der Waals surface area contributed by atoms with Crippen LogP contribution in [0, 0.1) is 22.6 Å². The van der Waals surface area contributed by atoms with E-state index in [1.165, 1.54) is 12.1 Å². The molecule has 1 unspecified atom stereocenters. The van der Waals surface area contributed by atoms with E-state index < -0.39 is 5.41 Å². The Bertz CT molecular complexity index is 480. The highest BCUT2D eigenvalue weighted by atomic mass is 19.1. The molecule has 0 saturated carbocycles. The first-order valence-corrected chi connectivity index (χ1v) is 6.96. The Balaban J connectivity index is 2.78. The maximum atomic E-state index is 13.4. The van der Waals surface area contributed by atoms with Crippen LogP contribution in [0.1, 0.15) is 45.7 Å². The van der Waals surface area contributed by atoms with Crippen molar-refractivity contribution in [2.24, 2.45) is 5.41 Å². The molecule has 110 valence electrons. The third-order valence-electron chi connectivity index (χ3n) is 3.24. The van der Waals surface area contributed by atoms with E-state index in [9.17, 15) is 4.39 Å². The van der Waals surface area contributed by atoms with E-state index in [1.807, 2.05) is 27.7 Å². The molecule has 1 N–H and O–H groups in total. The van der Waals surface area contributed by atoms with Crippen molar-refractivity contribution in [1.82, 2.24) is 5.32 Å². The molecule has 1 aromatic carbocycles. The predicted octanol–water partition coefficient (Wildman–Crippen LogP) is 3.81. The molecule has 0 bridgehead atoms. The van der Waals surface area contributed by atoms with Crippen LogP contribution in [0.15, 0.2) is 18.2 Å². The van der Waals surface area contributed by atoms with Gasteiger partial charge in [0.15, 0.2) is 0 Å². The van der Waals surface area contributed by atoms with Crippen molar-refractivity contribution >= 4 is 0 Å². The molecule has 4 heteroatoms. The van der Waals surface area contributed by atoms with Gasteiger partial charge < -0.3 is 10.1 Å². The van der Waals surface area contributed by atoms with Crippen molar-refractivity contribution in [3.63, 3.8) is 0 Å². The minimum atomic E-state index is -0.430. The van der Waals surface area contributed by atoms with E-state index in [-0.39, 0.29) is 11.9 Å². The summed E-state index contributed by atoms with van der Waals surface area (Å²) < 4.78 is 19.1. The molecule has 1 aromatic rings. The zero-order valence-corrected chi connectivity index (χ0v) is 12.7. The van der Waals surface area contributed by atoms with Gasteiger partial charge in [0.05, 0.1) is 18.1 Å². The molecule has 0 fully saturated rings. The lowest BCUT2D eigenvalue weighted by molar-refractivity contribution is 0.259. The number of hydrogen-bond donors (Lipinski definition) is 1. The number of ether oxygens (including phenoxy) is 1. The minimum absolute atomic E-state index is 0.0968. The predicted molar refractivity (Wildman–Crippen MR) is 78.0 cm³/mol. The van der Waals surface area contributed by atoms with Crippen molar-refractivity contribution in [1.29, 1.82) is 5.26 Å². The second-order valence-corrected chi connectivity index (χ2v) is 5.56. The number of nitriles is 1. The number of benzene rings is 1. The maximum absolute atomic E-state index is 13.4. The van der Waals surface area contributed by atoms with Gasteiger partial charge in [-0.2, -0.15) is 5.26 Å². The van der Waals surface area contributed by atoms with Crippen LogP contribution in [0.4, 0.5) is 4.39 Å². The van der Waals surface area contributed by atoms with E-state index in [0.717, 1.165) is 12.1 Å². The van der Waals surface area contributed by atoms with Crippen molar-refractivity contribution in [2.45, 2.75) is 40.2 Å². The van der Waals surface area contributed by atoms with Gasteiger partial charge >= 0.3 is 0 Å². The van der Waals surface area contributed by atoms with Gasteiger partial charge in [-0.15, -0.1) is 0 Å². The molecule has 0 aromatic heterocycles. The van der Waals surface area contributed by atoms with Gasteiger partial charge in [-0.25, -0.2) is 4.39 Å². The molecule has 0 aliphatic carbocycles. The Labute approximate surface area is 120 Å². The Morgan fingerprint density at radius 3 is 2.75 bits per heavy atom. The molecule has 0 heterocycles. The van der Waals surface area contributed by atoms with Crippen LogP contribution >= 0.6 is 0 Å². The van der Waals surface area contributed by atoms with Gasteiger partial charge in [0.2, 0.25) is 0 Å². The van der Waals surface area contributed by atoms with Crippen LogP contribution in [0.2, 0.25) is 0 Å². The third-order valence-corrected chi connectivity index (χ3v) is 3.24. The molecule has 1 rings (SSSR count). The first kappa shape index (κ1) is 16.5. The topological polar surface area (TPSA) is 45.0 Å². The lowest BCUT2D eigenvalue weighted by Gasteiger charge is -2.20. The number of hydrogen-bond acceptors (Lipinski definition) is 3. The molecule has 1 atom stereocenters. The molecule has 0 radical (unpaired) electrons. The molecule has 0 aliphatic heterocycles. The summed E-state index contributed by atoms with van der Waals surface area (Å²) in [4.78, 5) is 0. The molecular weight excluding hydrogens is 255 g/mol. The number of nitrogens with one attached hydrogen (secondary N) is 1. The average molecular weight is 278 g/mol. The van der Waals surface area contributed by atoms with Gasteiger partial charge in [0.1, 0.15) is 11.6 Å². The highest BCUT2D eigenvalue weighted by molar-refractivity contribution is 5.36. The summed E-state index contributed by atoms with van der Waals surface area (Å²) in [7, 11) is 0. The van der Waals surface area contributed by atoms with Gasteiger partial charge in [-0.1, -0.05) is 13.0 Å². The second kappa shape index (κ2) is 7.25. The highest BCUT2D eigenvalue weighted by Gasteiger charge is 2.18. The second-order valence-electron chi connectivity index (χ2n) is 5.56. The summed E-state index contributed by atoms with van der Waals surface area (Å²) in [5.74, 6) is 0.235. The molecular formula is C16H23FN2O. The van der Waals surface area contributed by atoms with E-state index in [2.05, 4.69) is 11.4 Å². The van der Waals surface area contributed by atoms with Crippen LogP contribution in [-0.2, 0) is 0 Å². The van der Waals surface area contributed by atoms with Gasteiger partial charge in [0, 0.05) is 17.7 Å². The summed E-state index contributed by atoms with van der Waals surface area (Å²) >= 11 is 0. The molecule has 0 aliphatic rings. The van der Waals surface area contributed by atoms with E-state index in [0.29, 0.717) is 18.8 Å². The van der Waals surface area contributed by atoms with Gasteiger partial charge in [-0.05, 0) is 39.8 Å². The van der Waals surface area contributed by atoms with Crippen molar-refractivity contribution in [3.8, 4) is 11.8 Å². The molecule has 20 heavy (non-hydrogen) atoms. The minimum Gasteiger partial charge on any atom is -0.493 e. The number of nitrogens with zero attached hydrogens (tertiary/aromatic N) is 1. The van der Waals surface area contributed by atoms with E-state index >= 15 is 0 Å². The lowest BCUT2D eigenvalue weighted by Crippen LogP contribution is -2.19. The van der Waals surface area contributed by atoms with Crippen LogP contribution in [0.5, 0.6) is 5.75 Å². The van der Waals surface area contributed by atoms with Crippen LogP contribution in [0.25, 0.3) is 0 Å². The number of rotatable bonds is 7. The van der Waals surface area contributed by atoms with E-state index in [4.69, 9.17) is 10.00 Å². The van der Waals surface area contributed by atoms with Crippen molar-refractivity contribution < 1.29 is 9.13 Å². The summed E-state index contributed by atoms with van der Waals surface area (Å²) in [6, 6.07) is 6.92. The van der Waals surface area contributed by atoms with Gasteiger partial charge in [-0.3, -0.25) is 0 Å². The zero-order valence-electron chi connectivity index (χ0n) is 12.7. The van der Waals surface area contributed by atoms with Crippen molar-refractivity contribution in [3.05, 3.63) is 29.6 Å². The Morgan fingerprint density at radius 1 is 1.45 bits per heavy atom. The fourth-order valence-corrected chi connectivity index (χ4v) is 1.88. The fourth-order valence-electron chi connectivity index (χ4n) is 1.88. The van der Waals surface area contributed by atoms with E-state index in [1.54, 1.807) is 6.07 Å². The largest absolute Gasteiger partial charge is 0.493 e. The molecule has 0 amide bonds. The molecule has 3 nitrogen and oxygen atoms in total. The first-order valence-electron chi connectivity index (χ1n) is 6.96. The Hall–Kier alpha value is -1.60. The summed E-state index contributed by atoms with van der Waals surface area (Å²) in [6.07, 6.45) is 0.606. The van der Waals surface area contributed by atoms with Crippen LogP contribution < -0.4 is 10.1 Å². The standard InChI is InChI=1S/C16H23FN2O/c1-5-19-12(2)14-7-6-13(17)10-15(14)20-9-8-16(3,4)11-18/h6-7,10,12,19H,5,8-9H2,1-4H3. The van der Waals surface area contributed by atoms with Crippen LogP contribution in [-0.4, -0.2) is 13.2 Å². The SMILES string of the molecule is CCNC(C)c1ccc(F)cc1OCCC(C)(C)C#N. The Morgan fingerprint density at radius 2 is 2.15 bits per heavy atom.